The summed E-state index contributed by atoms with van der Waals surface area (Å²) in [6.45, 7) is 11.4. The molecule has 17 heavy (non-hydrogen) atoms. The van der Waals surface area contributed by atoms with Crippen LogP contribution in [-0.2, 0) is 4.74 Å². The zero-order valence-corrected chi connectivity index (χ0v) is 12.0. The van der Waals surface area contributed by atoms with Crippen molar-refractivity contribution in [1.29, 1.82) is 0 Å². The van der Waals surface area contributed by atoms with Crippen molar-refractivity contribution in [2.45, 2.75) is 65.5 Å². The maximum absolute atomic E-state index is 5.52. The van der Waals surface area contributed by atoms with Crippen LogP contribution in [0.5, 0.6) is 0 Å². The summed E-state index contributed by atoms with van der Waals surface area (Å²) in [5.41, 5.74) is 0.518. The first kappa shape index (κ1) is 13.4. The topological polar surface area (TPSA) is 21.3 Å². The molecule has 2 heteroatoms. The Balaban J connectivity index is 1.89. The average Bonchev–Trinajstić information content (AvgIpc) is 2.18. The van der Waals surface area contributed by atoms with E-state index < -0.39 is 0 Å². The fraction of sp³-hybridized carbons (Fsp3) is 1.00. The molecule has 0 spiro atoms. The maximum Gasteiger partial charge on any atom is 0.0506 e. The first-order chi connectivity index (χ1) is 7.96. The van der Waals surface area contributed by atoms with Gasteiger partial charge in [-0.05, 0) is 42.9 Å². The first-order valence-electron chi connectivity index (χ1n) is 7.30. The number of rotatable bonds is 2. The molecule has 2 nitrogen and oxygen atoms in total. The minimum Gasteiger partial charge on any atom is -0.381 e. The first-order valence-corrected chi connectivity index (χ1v) is 7.30. The van der Waals surface area contributed by atoms with Crippen molar-refractivity contribution in [2.75, 3.05) is 13.2 Å². The van der Waals surface area contributed by atoms with Gasteiger partial charge < -0.3 is 10.1 Å². The second-order valence-electron chi connectivity index (χ2n) is 7.22. The number of ether oxygens (including phenoxy) is 1. The van der Waals surface area contributed by atoms with E-state index in [1.807, 2.05) is 0 Å². The summed E-state index contributed by atoms with van der Waals surface area (Å²) in [5.74, 6) is 1.54. The largest absolute Gasteiger partial charge is 0.381 e. The lowest BCUT2D eigenvalue weighted by Gasteiger charge is -2.42. The normalized spacial score (nSPS) is 42.4. The van der Waals surface area contributed by atoms with Gasteiger partial charge in [-0.3, -0.25) is 0 Å². The lowest BCUT2D eigenvalue weighted by molar-refractivity contribution is 0.0286. The average molecular weight is 239 g/mol. The van der Waals surface area contributed by atoms with E-state index in [9.17, 15) is 0 Å². The molecule has 0 radical (unpaired) electrons. The van der Waals surface area contributed by atoms with E-state index in [1.165, 1.54) is 25.7 Å². The van der Waals surface area contributed by atoms with Gasteiger partial charge in [-0.15, -0.1) is 0 Å². The minimum atomic E-state index is 0.518. The highest BCUT2D eigenvalue weighted by Gasteiger charge is 2.34. The number of nitrogens with one attached hydrogen (secondary N) is 1. The van der Waals surface area contributed by atoms with Gasteiger partial charge in [0.25, 0.3) is 0 Å². The molecule has 1 saturated heterocycles. The van der Waals surface area contributed by atoms with E-state index in [0.717, 1.165) is 25.2 Å². The van der Waals surface area contributed by atoms with Crippen LogP contribution >= 0.6 is 0 Å². The van der Waals surface area contributed by atoms with Crippen molar-refractivity contribution in [3.63, 3.8) is 0 Å². The Morgan fingerprint density at radius 3 is 2.59 bits per heavy atom. The Kier molecular flexibility index (Phi) is 4.14. The molecule has 2 rings (SSSR count). The van der Waals surface area contributed by atoms with E-state index >= 15 is 0 Å². The van der Waals surface area contributed by atoms with E-state index in [2.05, 4.69) is 33.0 Å². The molecule has 0 aromatic rings. The molecule has 1 heterocycles. The predicted octanol–water partition coefficient (Wildman–Crippen LogP) is 3.22. The summed E-state index contributed by atoms with van der Waals surface area (Å²) in [6, 6.07) is 1.40. The molecule has 2 fully saturated rings. The molecule has 0 aromatic carbocycles. The summed E-state index contributed by atoms with van der Waals surface area (Å²) < 4.78 is 5.52. The highest BCUT2D eigenvalue weighted by Crippen LogP contribution is 2.38. The quantitative estimate of drug-likeness (QED) is 0.799. The zero-order chi connectivity index (χ0) is 12.5. The Labute approximate surface area is 107 Å². The summed E-state index contributed by atoms with van der Waals surface area (Å²) in [4.78, 5) is 0. The predicted molar refractivity (Wildman–Crippen MR) is 72.1 cm³/mol. The van der Waals surface area contributed by atoms with Crippen LogP contribution in [0.15, 0.2) is 0 Å². The second kappa shape index (κ2) is 5.27. The fourth-order valence-electron chi connectivity index (χ4n) is 3.90. The molecule has 4 unspecified atom stereocenters. The van der Waals surface area contributed by atoms with Crippen LogP contribution in [0.2, 0.25) is 0 Å². The Morgan fingerprint density at radius 2 is 1.94 bits per heavy atom. The third-order valence-electron chi connectivity index (χ3n) is 4.48. The van der Waals surface area contributed by atoms with Crippen LogP contribution in [0.4, 0.5) is 0 Å². The highest BCUT2D eigenvalue weighted by atomic mass is 16.5. The van der Waals surface area contributed by atoms with Crippen molar-refractivity contribution < 1.29 is 4.74 Å². The summed E-state index contributed by atoms with van der Waals surface area (Å²) in [5, 5.41) is 3.91. The summed E-state index contributed by atoms with van der Waals surface area (Å²) in [6.07, 6.45) is 5.26. The smallest absolute Gasteiger partial charge is 0.0506 e. The highest BCUT2D eigenvalue weighted by molar-refractivity contribution is 4.89. The molecular weight excluding hydrogens is 210 g/mol. The molecule has 2 aliphatic rings. The summed E-state index contributed by atoms with van der Waals surface area (Å²) in [7, 11) is 0. The Morgan fingerprint density at radius 1 is 1.18 bits per heavy atom. The van der Waals surface area contributed by atoms with Crippen LogP contribution in [0, 0.1) is 17.3 Å². The van der Waals surface area contributed by atoms with Crippen LogP contribution < -0.4 is 5.32 Å². The van der Waals surface area contributed by atoms with Crippen molar-refractivity contribution in [1.82, 2.24) is 5.32 Å². The zero-order valence-electron chi connectivity index (χ0n) is 12.0. The summed E-state index contributed by atoms with van der Waals surface area (Å²) >= 11 is 0. The van der Waals surface area contributed by atoms with Crippen molar-refractivity contribution >= 4 is 0 Å². The standard InChI is InChI=1S/C15H29NO/c1-11-7-13(9-15(3,4)8-11)16-14-5-6-17-10-12(14)2/h11-14,16H,5-10H2,1-4H3. The monoisotopic (exact) mass is 239 g/mol. The molecule has 1 aliphatic heterocycles. The van der Waals surface area contributed by atoms with Gasteiger partial charge in [-0.1, -0.05) is 27.7 Å². The van der Waals surface area contributed by atoms with Gasteiger partial charge in [0, 0.05) is 18.7 Å². The second-order valence-corrected chi connectivity index (χ2v) is 7.22. The molecule has 4 atom stereocenters. The van der Waals surface area contributed by atoms with Crippen molar-refractivity contribution in [3.8, 4) is 0 Å². The number of hydrogen-bond acceptors (Lipinski definition) is 2. The minimum absolute atomic E-state index is 0.518. The maximum atomic E-state index is 5.52. The Bertz CT molecular complexity index is 251. The van der Waals surface area contributed by atoms with Crippen LogP contribution in [-0.4, -0.2) is 25.3 Å². The molecule has 1 aliphatic carbocycles. The van der Waals surface area contributed by atoms with Crippen molar-refractivity contribution in [2.24, 2.45) is 17.3 Å². The third-order valence-corrected chi connectivity index (χ3v) is 4.48. The van der Waals surface area contributed by atoms with E-state index in [1.54, 1.807) is 0 Å². The molecular formula is C15H29NO. The van der Waals surface area contributed by atoms with Gasteiger partial charge in [0.2, 0.25) is 0 Å². The molecule has 1 N–H and O–H groups in total. The van der Waals surface area contributed by atoms with Crippen molar-refractivity contribution in [3.05, 3.63) is 0 Å². The Hall–Kier alpha value is -0.0800. The molecule has 0 amide bonds. The molecule has 0 bridgehead atoms. The lowest BCUT2D eigenvalue weighted by Crippen LogP contribution is -2.49. The van der Waals surface area contributed by atoms with Crippen LogP contribution in [0.1, 0.15) is 53.4 Å². The van der Waals surface area contributed by atoms with Gasteiger partial charge in [-0.25, -0.2) is 0 Å². The number of hydrogen-bond donors (Lipinski definition) is 1. The van der Waals surface area contributed by atoms with Gasteiger partial charge >= 0.3 is 0 Å². The van der Waals surface area contributed by atoms with E-state index in [4.69, 9.17) is 4.74 Å². The van der Waals surface area contributed by atoms with Gasteiger partial charge in [0.1, 0.15) is 0 Å². The third kappa shape index (κ3) is 3.69. The fourth-order valence-corrected chi connectivity index (χ4v) is 3.90. The molecule has 0 aromatic heterocycles. The SMILES string of the molecule is CC1CC(NC2CCOCC2C)CC(C)(C)C1. The van der Waals surface area contributed by atoms with E-state index in [-0.39, 0.29) is 0 Å². The van der Waals surface area contributed by atoms with Gasteiger partial charge in [-0.2, -0.15) is 0 Å². The van der Waals surface area contributed by atoms with E-state index in [0.29, 0.717) is 17.4 Å². The molecule has 100 valence electrons. The van der Waals surface area contributed by atoms with Gasteiger partial charge in [0.15, 0.2) is 0 Å². The molecule has 1 saturated carbocycles. The lowest BCUT2D eigenvalue weighted by atomic mass is 9.70. The van der Waals surface area contributed by atoms with Crippen LogP contribution in [0.3, 0.4) is 0 Å². The van der Waals surface area contributed by atoms with Crippen LogP contribution in [0.25, 0.3) is 0 Å². The van der Waals surface area contributed by atoms with Gasteiger partial charge in [0.05, 0.1) is 6.61 Å².